The van der Waals surface area contributed by atoms with Crippen molar-refractivity contribution in [3.05, 3.63) is 104 Å². The zero-order valence-corrected chi connectivity index (χ0v) is 20.3. The molecular formula is C25H18ClF3N2O2S2. The Hall–Kier alpha value is -2.77. The van der Waals surface area contributed by atoms with Crippen molar-refractivity contribution in [1.82, 2.24) is 5.32 Å². The maximum atomic E-state index is 14.5. The number of ketones is 1. The van der Waals surface area contributed by atoms with E-state index in [9.17, 15) is 28.3 Å². The van der Waals surface area contributed by atoms with Gasteiger partial charge in [-0.1, -0.05) is 66.2 Å². The van der Waals surface area contributed by atoms with Crippen LogP contribution in [0.1, 0.15) is 26.7 Å². The summed E-state index contributed by atoms with van der Waals surface area (Å²) in [6.07, 6.45) is -5.25. The van der Waals surface area contributed by atoms with E-state index < -0.39 is 29.5 Å². The molecule has 0 saturated carbocycles. The summed E-state index contributed by atoms with van der Waals surface area (Å²) in [7, 11) is 0. The van der Waals surface area contributed by atoms with E-state index in [0.29, 0.717) is 0 Å². The smallest absolute Gasteiger partial charge is 0.363 e. The molecule has 2 heterocycles. The maximum Gasteiger partial charge on any atom is 0.437 e. The Bertz CT molecular complexity index is 1290. The number of hydrogen-bond acceptors (Lipinski definition) is 6. The quantitative estimate of drug-likeness (QED) is 0.353. The topological polar surface area (TPSA) is 73.1 Å². The van der Waals surface area contributed by atoms with Crippen LogP contribution in [0, 0.1) is 17.2 Å². The van der Waals surface area contributed by atoms with Crippen LogP contribution in [0.15, 0.2) is 82.7 Å². The highest BCUT2D eigenvalue weighted by Gasteiger charge is 2.66. The zero-order chi connectivity index (χ0) is 25.2. The Balaban J connectivity index is 1.92. The second-order valence-electron chi connectivity index (χ2n) is 7.84. The second kappa shape index (κ2) is 10.1. The van der Waals surface area contributed by atoms with Gasteiger partial charge < -0.3 is 10.4 Å². The van der Waals surface area contributed by atoms with Crippen molar-refractivity contribution in [1.29, 1.82) is 5.26 Å². The number of thiophene rings is 1. The number of nitriles is 1. The van der Waals surface area contributed by atoms with E-state index in [2.05, 4.69) is 5.32 Å². The lowest BCUT2D eigenvalue weighted by molar-refractivity contribution is -0.285. The van der Waals surface area contributed by atoms with E-state index in [1.165, 1.54) is 24.3 Å². The standard InChI is InChI=1S/C25H18ClF3N2O2S2/c26-18-10-5-4-9-16(18)20-17(13-30)23(35-14-15-7-2-1-3-8-15)31-24(33,25(27,28)29)21(20)22(32)19-11-6-12-34-19/h1-12,20-21,31,33H,14H2/t20-,21+,24+/m1/s1. The third-order valence-electron chi connectivity index (χ3n) is 5.71. The van der Waals surface area contributed by atoms with Gasteiger partial charge in [0.25, 0.3) is 0 Å². The summed E-state index contributed by atoms with van der Waals surface area (Å²) in [6.45, 7) is 0. The van der Waals surface area contributed by atoms with Gasteiger partial charge in [0.2, 0.25) is 5.72 Å². The van der Waals surface area contributed by atoms with Crippen LogP contribution < -0.4 is 5.32 Å². The van der Waals surface area contributed by atoms with Crippen LogP contribution in [0.3, 0.4) is 0 Å². The minimum Gasteiger partial charge on any atom is -0.363 e. The number of halogens is 4. The highest BCUT2D eigenvalue weighted by molar-refractivity contribution is 8.02. The molecule has 4 rings (SSSR count). The number of nitrogens with zero attached hydrogens (tertiary/aromatic N) is 1. The van der Waals surface area contributed by atoms with E-state index in [1.807, 2.05) is 12.1 Å². The minimum absolute atomic E-state index is 0.0363. The summed E-state index contributed by atoms with van der Waals surface area (Å²) < 4.78 is 43.6. The highest BCUT2D eigenvalue weighted by atomic mass is 35.5. The summed E-state index contributed by atoms with van der Waals surface area (Å²) in [5.74, 6) is -4.22. The summed E-state index contributed by atoms with van der Waals surface area (Å²) in [6, 6.07) is 20.0. The largest absolute Gasteiger partial charge is 0.437 e. The first-order valence-corrected chi connectivity index (χ1v) is 12.6. The van der Waals surface area contributed by atoms with Gasteiger partial charge in [-0.3, -0.25) is 4.79 Å². The molecule has 0 unspecified atom stereocenters. The van der Waals surface area contributed by atoms with E-state index >= 15 is 0 Å². The average Bonchev–Trinajstić information content (AvgIpc) is 3.37. The fourth-order valence-electron chi connectivity index (χ4n) is 4.05. The van der Waals surface area contributed by atoms with Crippen LogP contribution in [0.25, 0.3) is 0 Å². The minimum atomic E-state index is -5.25. The Morgan fingerprint density at radius 1 is 1.14 bits per heavy atom. The number of allylic oxidation sites excluding steroid dienone is 1. The van der Waals surface area contributed by atoms with Crippen molar-refractivity contribution < 1.29 is 23.1 Å². The monoisotopic (exact) mass is 534 g/mol. The van der Waals surface area contributed by atoms with Crippen molar-refractivity contribution in [3.8, 4) is 6.07 Å². The van der Waals surface area contributed by atoms with E-state index in [1.54, 1.807) is 41.8 Å². The number of alkyl halides is 3. The highest BCUT2D eigenvalue weighted by Crippen LogP contribution is 2.52. The number of aliphatic hydroxyl groups is 1. The number of benzene rings is 2. The van der Waals surface area contributed by atoms with Crippen LogP contribution in [0.2, 0.25) is 5.02 Å². The normalized spacial score (nSPS) is 22.4. The molecule has 1 aliphatic rings. The van der Waals surface area contributed by atoms with Crippen molar-refractivity contribution in [3.63, 3.8) is 0 Å². The molecule has 0 spiro atoms. The Kier molecular flexibility index (Phi) is 7.29. The first kappa shape index (κ1) is 25.3. The number of rotatable bonds is 6. The molecule has 2 N–H and O–H groups in total. The molecule has 0 bridgehead atoms. The van der Waals surface area contributed by atoms with Gasteiger partial charge in [-0.2, -0.15) is 18.4 Å². The van der Waals surface area contributed by atoms with Gasteiger partial charge >= 0.3 is 6.18 Å². The molecule has 0 aliphatic carbocycles. The molecule has 35 heavy (non-hydrogen) atoms. The van der Waals surface area contributed by atoms with Gasteiger partial charge in [0, 0.05) is 16.7 Å². The molecule has 4 nitrogen and oxygen atoms in total. The summed E-state index contributed by atoms with van der Waals surface area (Å²) in [5, 5.41) is 24.9. The Labute approximate surface area is 213 Å². The molecule has 1 aromatic heterocycles. The lowest BCUT2D eigenvalue weighted by Gasteiger charge is -2.45. The van der Waals surface area contributed by atoms with Crippen molar-refractivity contribution in [2.24, 2.45) is 5.92 Å². The van der Waals surface area contributed by atoms with Crippen LogP contribution in [-0.4, -0.2) is 22.8 Å². The fourth-order valence-corrected chi connectivity index (χ4v) is 6.07. The zero-order valence-electron chi connectivity index (χ0n) is 17.9. The molecule has 0 fully saturated rings. The third-order valence-corrected chi connectivity index (χ3v) is 8.03. The van der Waals surface area contributed by atoms with Gasteiger partial charge in [0.15, 0.2) is 5.78 Å². The first-order valence-electron chi connectivity index (χ1n) is 10.4. The molecule has 180 valence electrons. The molecule has 0 saturated heterocycles. The van der Waals surface area contributed by atoms with Gasteiger partial charge in [-0.25, -0.2) is 0 Å². The van der Waals surface area contributed by atoms with Crippen LogP contribution in [0.5, 0.6) is 0 Å². The number of carbonyl (C=O) groups excluding carboxylic acids is 1. The van der Waals surface area contributed by atoms with Crippen LogP contribution >= 0.6 is 34.7 Å². The predicted molar refractivity (Wildman–Crippen MR) is 131 cm³/mol. The van der Waals surface area contributed by atoms with E-state index in [4.69, 9.17) is 11.6 Å². The molecule has 0 amide bonds. The second-order valence-corrected chi connectivity index (χ2v) is 10.2. The lowest BCUT2D eigenvalue weighted by atomic mass is 9.70. The molecule has 2 aromatic carbocycles. The van der Waals surface area contributed by atoms with Gasteiger partial charge in [-0.05, 0) is 28.6 Å². The lowest BCUT2D eigenvalue weighted by Crippen LogP contribution is -2.66. The number of carbonyl (C=O) groups is 1. The predicted octanol–water partition coefficient (Wildman–Crippen LogP) is 6.51. The SMILES string of the molecule is N#CC1=C(SCc2ccccc2)N[C@@](O)(C(F)(F)F)[C@H](C(=O)c2cccs2)[C@@H]1c1ccccc1Cl. The van der Waals surface area contributed by atoms with E-state index in [-0.39, 0.29) is 31.8 Å². The fraction of sp³-hybridized carbons (Fsp3) is 0.200. The Morgan fingerprint density at radius 2 is 1.83 bits per heavy atom. The number of hydrogen-bond donors (Lipinski definition) is 2. The van der Waals surface area contributed by atoms with Gasteiger partial charge in [0.05, 0.1) is 27.5 Å². The van der Waals surface area contributed by atoms with E-state index in [0.717, 1.165) is 28.7 Å². The molecule has 3 atom stereocenters. The average molecular weight is 535 g/mol. The molecular weight excluding hydrogens is 517 g/mol. The maximum absolute atomic E-state index is 14.5. The number of Topliss-reactive ketones (excluding diaryl/α,β-unsaturated/α-hetero) is 1. The van der Waals surface area contributed by atoms with Crippen molar-refractivity contribution in [2.75, 3.05) is 0 Å². The van der Waals surface area contributed by atoms with Crippen molar-refractivity contribution in [2.45, 2.75) is 23.6 Å². The summed E-state index contributed by atoms with van der Waals surface area (Å²) in [5.41, 5.74) is -2.77. The van der Waals surface area contributed by atoms with Gasteiger partial charge in [-0.15, -0.1) is 23.1 Å². The number of nitrogens with one attached hydrogen (secondary N) is 1. The van der Waals surface area contributed by atoms with Crippen LogP contribution in [0.4, 0.5) is 13.2 Å². The molecule has 0 radical (unpaired) electrons. The first-order chi connectivity index (χ1) is 16.7. The number of thioether (sulfide) groups is 1. The molecule has 1 aliphatic heterocycles. The summed E-state index contributed by atoms with van der Waals surface area (Å²) >= 11 is 8.29. The van der Waals surface area contributed by atoms with Crippen molar-refractivity contribution >= 4 is 40.5 Å². The Morgan fingerprint density at radius 3 is 2.43 bits per heavy atom. The summed E-state index contributed by atoms with van der Waals surface area (Å²) in [4.78, 5) is 13.5. The third kappa shape index (κ3) is 4.84. The molecule has 10 heteroatoms. The van der Waals surface area contributed by atoms with Gasteiger partial charge in [0.1, 0.15) is 0 Å². The molecule has 3 aromatic rings. The van der Waals surface area contributed by atoms with Crippen LogP contribution in [-0.2, 0) is 5.75 Å².